The van der Waals surface area contributed by atoms with Gasteiger partial charge in [0.2, 0.25) is 5.91 Å². The molecule has 0 heterocycles. The van der Waals surface area contributed by atoms with Crippen molar-refractivity contribution in [1.82, 2.24) is 4.90 Å². The molecule has 1 atom stereocenters. The van der Waals surface area contributed by atoms with Gasteiger partial charge in [0.25, 0.3) is 0 Å². The summed E-state index contributed by atoms with van der Waals surface area (Å²) in [5, 5.41) is 18.9. The third kappa shape index (κ3) is 4.35. The average molecular weight is 364 g/mol. The molecular formula is C22H24N2O3. The highest BCUT2D eigenvalue weighted by atomic mass is 16.4. The first-order valence-corrected chi connectivity index (χ1v) is 8.87. The van der Waals surface area contributed by atoms with Crippen molar-refractivity contribution in [1.29, 1.82) is 5.26 Å². The second-order valence-corrected chi connectivity index (χ2v) is 7.05. The van der Waals surface area contributed by atoms with Crippen LogP contribution in [0.4, 0.5) is 0 Å². The lowest BCUT2D eigenvalue weighted by Gasteiger charge is -2.25. The van der Waals surface area contributed by atoms with E-state index in [0.717, 1.165) is 21.6 Å². The van der Waals surface area contributed by atoms with Gasteiger partial charge >= 0.3 is 5.97 Å². The van der Waals surface area contributed by atoms with Crippen molar-refractivity contribution in [2.75, 3.05) is 7.05 Å². The molecule has 0 spiro atoms. The highest BCUT2D eigenvalue weighted by Crippen LogP contribution is 2.36. The number of carbonyl (C=O) groups is 2. The number of carbonyl (C=O) groups excluding carboxylic acids is 1. The van der Waals surface area contributed by atoms with Crippen molar-refractivity contribution in [3.8, 4) is 17.3 Å². The highest BCUT2D eigenvalue weighted by Gasteiger charge is 2.31. The fourth-order valence-corrected chi connectivity index (χ4v) is 3.39. The molecule has 1 N–H and O–H groups in total. The molecule has 0 fully saturated rings. The molecule has 1 unspecified atom stereocenters. The Hall–Kier alpha value is -3.13. The van der Waals surface area contributed by atoms with Gasteiger partial charge in [0.1, 0.15) is 0 Å². The van der Waals surface area contributed by atoms with E-state index >= 15 is 0 Å². The van der Waals surface area contributed by atoms with Gasteiger partial charge in [-0.3, -0.25) is 9.69 Å². The summed E-state index contributed by atoms with van der Waals surface area (Å²) in [7, 11) is 1.41. The molecule has 0 saturated carbocycles. The molecule has 0 radical (unpaired) electrons. The van der Waals surface area contributed by atoms with Gasteiger partial charge in [0, 0.05) is 7.05 Å². The predicted molar refractivity (Wildman–Crippen MR) is 104 cm³/mol. The average Bonchev–Trinajstić information content (AvgIpc) is 2.65. The van der Waals surface area contributed by atoms with Gasteiger partial charge in [-0.1, -0.05) is 50.2 Å². The summed E-state index contributed by atoms with van der Waals surface area (Å²) in [6.07, 6.45) is 2.30. The zero-order valence-corrected chi connectivity index (χ0v) is 16.1. The lowest BCUT2D eigenvalue weighted by Crippen LogP contribution is -2.30. The lowest BCUT2D eigenvalue weighted by atomic mass is 9.81. The van der Waals surface area contributed by atoms with E-state index in [1.807, 2.05) is 57.3 Å². The second kappa shape index (κ2) is 8.50. The van der Waals surface area contributed by atoms with E-state index < -0.39 is 11.9 Å². The zero-order valence-electron chi connectivity index (χ0n) is 16.1. The molecule has 1 amide bonds. The van der Waals surface area contributed by atoms with E-state index in [4.69, 9.17) is 5.26 Å². The third-order valence-corrected chi connectivity index (χ3v) is 4.66. The minimum Gasteiger partial charge on any atom is -0.478 e. The molecule has 0 aliphatic heterocycles. The molecule has 2 aromatic carbocycles. The number of likely N-dealkylation sites (N-methyl/N-ethyl adjacent to an activating group) is 1. The number of carboxylic acid groups (broad SMARTS) is 1. The number of benzene rings is 2. The van der Waals surface area contributed by atoms with Crippen molar-refractivity contribution in [3.05, 3.63) is 59.2 Å². The van der Waals surface area contributed by atoms with Crippen LogP contribution in [0.2, 0.25) is 0 Å². The predicted octanol–water partition coefficient (Wildman–Crippen LogP) is 4.43. The number of aromatic carboxylic acids is 1. The van der Waals surface area contributed by atoms with E-state index in [0.29, 0.717) is 12.0 Å². The quantitative estimate of drug-likeness (QED) is 0.607. The molecule has 0 saturated heterocycles. The van der Waals surface area contributed by atoms with E-state index in [2.05, 4.69) is 0 Å². The topological polar surface area (TPSA) is 81.4 Å². The zero-order chi connectivity index (χ0) is 20.1. The fourth-order valence-electron chi connectivity index (χ4n) is 3.39. The Morgan fingerprint density at radius 1 is 1.15 bits per heavy atom. The summed E-state index contributed by atoms with van der Waals surface area (Å²) >= 11 is 0. The molecule has 27 heavy (non-hydrogen) atoms. The Morgan fingerprint density at radius 2 is 1.78 bits per heavy atom. The molecule has 140 valence electrons. The Labute approximate surface area is 159 Å². The van der Waals surface area contributed by atoms with Crippen LogP contribution in [0, 0.1) is 24.3 Å². The summed E-state index contributed by atoms with van der Waals surface area (Å²) in [5.41, 5.74) is 3.20. The number of hydrogen-bond acceptors (Lipinski definition) is 3. The van der Waals surface area contributed by atoms with Crippen LogP contribution in [0.25, 0.3) is 11.1 Å². The Kier molecular flexibility index (Phi) is 6.36. The normalized spacial score (nSPS) is 11.7. The van der Waals surface area contributed by atoms with Gasteiger partial charge in [-0.2, -0.15) is 5.26 Å². The fraction of sp³-hybridized carbons (Fsp3) is 0.318. The van der Waals surface area contributed by atoms with Gasteiger partial charge in [-0.25, -0.2) is 4.79 Å². The molecule has 2 rings (SSSR count). The number of rotatable bonds is 6. The molecule has 0 aromatic heterocycles. The molecule has 5 heteroatoms. The summed E-state index contributed by atoms with van der Waals surface area (Å²) < 4.78 is 0. The van der Waals surface area contributed by atoms with Crippen molar-refractivity contribution in [2.45, 2.75) is 33.1 Å². The lowest BCUT2D eigenvalue weighted by molar-refractivity contribution is -0.129. The summed E-state index contributed by atoms with van der Waals surface area (Å²) in [6, 6.07) is 13.0. The van der Waals surface area contributed by atoms with E-state index in [-0.39, 0.29) is 17.4 Å². The molecule has 0 aliphatic rings. The maximum Gasteiger partial charge on any atom is 0.335 e. The minimum absolute atomic E-state index is 0.109. The maximum atomic E-state index is 12.9. The first-order valence-electron chi connectivity index (χ1n) is 8.87. The van der Waals surface area contributed by atoms with Crippen LogP contribution in [-0.4, -0.2) is 28.9 Å². The van der Waals surface area contributed by atoms with Gasteiger partial charge in [-0.05, 0) is 47.6 Å². The Morgan fingerprint density at radius 3 is 2.30 bits per heavy atom. The number of nitrogens with zero attached hydrogens (tertiary/aromatic N) is 2. The molecular weight excluding hydrogens is 340 g/mol. The molecule has 0 bridgehead atoms. The van der Waals surface area contributed by atoms with Crippen LogP contribution >= 0.6 is 0 Å². The summed E-state index contributed by atoms with van der Waals surface area (Å²) in [5.74, 6) is -1.99. The van der Waals surface area contributed by atoms with Crippen molar-refractivity contribution < 1.29 is 14.7 Å². The number of carboxylic acids is 1. The first-order chi connectivity index (χ1) is 12.8. The van der Waals surface area contributed by atoms with Crippen LogP contribution in [-0.2, 0) is 4.79 Å². The first kappa shape index (κ1) is 20.2. The highest BCUT2D eigenvalue weighted by molar-refractivity contribution is 5.95. The maximum absolute atomic E-state index is 12.9. The van der Waals surface area contributed by atoms with Crippen molar-refractivity contribution >= 4 is 11.9 Å². The van der Waals surface area contributed by atoms with E-state index in [9.17, 15) is 14.7 Å². The Bertz CT molecular complexity index is 882. The molecule has 0 aliphatic carbocycles. The molecule has 2 aromatic rings. The monoisotopic (exact) mass is 364 g/mol. The van der Waals surface area contributed by atoms with E-state index in [1.165, 1.54) is 7.05 Å². The van der Waals surface area contributed by atoms with Gasteiger partial charge in [0.05, 0.1) is 11.5 Å². The van der Waals surface area contributed by atoms with Crippen LogP contribution < -0.4 is 0 Å². The summed E-state index contributed by atoms with van der Waals surface area (Å²) in [6.45, 7) is 5.80. The third-order valence-electron chi connectivity index (χ3n) is 4.66. The largest absolute Gasteiger partial charge is 0.478 e. The van der Waals surface area contributed by atoms with Gasteiger partial charge < -0.3 is 5.11 Å². The number of hydrogen-bond donors (Lipinski definition) is 1. The van der Waals surface area contributed by atoms with Crippen LogP contribution in [0.15, 0.2) is 42.5 Å². The van der Waals surface area contributed by atoms with Crippen LogP contribution in [0.5, 0.6) is 0 Å². The van der Waals surface area contributed by atoms with Crippen molar-refractivity contribution in [2.24, 2.45) is 5.92 Å². The molecule has 5 nitrogen and oxygen atoms in total. The Balaban J connectivity index is 2.74. The standard InChI is InChI=1S/C22H24N2O3/c1-14(2)12-19(21(25)24(4)13-23)20-15(3)17(10-11-18(20)22(26)27)16-8-6-5-7-9-16/h5-11,14,19H,12H2,1-4H3,(H,26,27). The minimum atomic E-state index is -1.08. The number of amides is 1. The number of nitriles is 1. The van der Waals surface area contributed by atoms with E-state index in [1.54, 1.807) is 12.1 Å². The smallest absolute Gasteiger partial charge is 0.335 e. The second-order valence-electron chi connectivity index (χ2n) is 7.05. The van der Waals surface area contributed by atoms with Crippen LogP contribution in [0.3, 0.4) is 0 Å². The van der Waals surface area contributed by atoms with Crippen molar-refractivity contribution in [3.63, 3.8) is 0 Å². The SMILES string of the molecule is Cc1c(-c2ccccc2)ccc(C(=O)O)c1C(CC(C)C)C(=O)N(C)C#N. The van der Waals surface area contributed by atoms with Crippen LogP contribution in [0.1, 0.15) is 47.7 Å². The van der Waals surface area contributed by atoms with Gasteiger partial charge in [-0.15, -0.1) is 0 Å². The summed E-state index contributed by atoms with van der Waals surface area (Å²) in [4.78, 5) is 25.8. The van der Waals surface area contributed by atoms with Gasteiger partial charge in [0.15, 0.2) is 6.19 Å².